The number of hydrogen-bond donors (Lipinski definition) is 1. The van der Waals surface area contributed by atoms with Gasteiger partial charge in [-0.25, -0.2) is 14.4 Å². The molecule has 3 fully saturated rings. The van der Waals surface area contributed by atoms with Crippen LogP contribution >= 0.6 is 0 Å². The number of alkyl halides is 1. The predicted octanol–water partition coefficient (Wildman–Crippen LogP) is 5.68. The van der Waals surface area contributed by atoms with Crippen LogP contribution in [0.1, 0.15) is 78.8 Å². The number of aromatic nitrogens is 2. The third-order valence-corrected chi connectivity index (χ3v) is 9.61. The Morgan fingerprint density at radius 2 is 1.85 bits per heavy atom. The zero-order valence-electron chi connectivity index (χ0n) is 23.3. The molecule has 1 amide bonds. The molecule has 4 aliphatic rings. The van der Waals surface area contributed by atoms with Crippen LogP contribution in [0, 0.1) is 5.92 Å². The van der Waals surface area contributed by atoms with E-state index in [1.807, 2.05) is 36.2 Å². The monoisotopic (exact) mass is 538 g/mol. The van der Waals surface area contributed by atoms with Crippen molar-refractivity contribution in [3.63, 3.8) is 0 Å². The van der Waals surface area contributed by atoms with Gasteiger partial charge in [-0.1, -0.05) is 25.1 Å². The predicted molar refractivity (Wildman–Crippen MR) is 155 cm³/mol. The number of fused-ring (bicyclic) bond motifs is 4. The number of rotatable bonds is 5. The van der Waals surface area contributed by atoms with Crippen LogP contribution in [-0.2, 0) is 5.54 Å². The van der Waals surface area contributed by atoms with Crippen molar-refractivity contribution in [3.05, 3.63) is 71.3 Å². The van der Waals surface area contributed by atoms with Gasteiger partial charge in [0.15, 0.2) is 0 Å². The Kier molecular flexibility index (Phi) is 5.49. The number of carbonyl (C=O) groups is 1. The van der Waals surface area contributed by atoms with E-state index in [0.29, 0.717) is 17.7 Å². The summed E-state index contributed by atoms with van der Waals surface area (Å²) in [7, 11) is 1.93. The van der Waals surface area contributed by atoms with Gasteiger partial charge < -0.3 is 15.5 Å². The molecule has 2 aliphatic carbocycles. The minimum Gasteiger partial charge on any atom is -0.361 e. The lowest BCUT2D eigenvalue weighted by atomic mass is 9.67. The zero-order valence-corrected chi connectivity index (χ0v) is 23.3. The molecule has 7 nitrogen and oxygen atoms in total. The summed E-state index contributed by atoms with van der Waals surface area (Å²) in [6.07, 6.45) is 6.02. The molecule has 4 atom stereocenters. The fourth-order valence-electron chi connectivity index (χ4n) is 7.43. The van der Waals surface area contributed by atoms with Gasteiger partial charge in [-0.05, 0) is 73.2 Å². The SMILES string of the molecule is C=Nc1ccc(-c2cnc(C3(N)CC(C)(F)C3)nc2)cc1N1CC2CC1c1c(cccc1C1C[C@H]1C)C(=O)N2C. The van der Waals surface area contributed by atoms with Crippen molar-refractivity contribution in [2.24, 2.45) is 16.6 Å². The third-order valence-electron chi connectivity index (χ3n) is 9.61. The van der Waals surface area contributed by atoms with E-state index in [1.54, 1.807) is 19.3 Å². The van der Waals surface area contributed by atoms with Crippen LogP contribution in [0.2, 0.25) is 0 Å². The van der Waals surface area contributed by atoms with Gasteiger partial charge in [0, 0.05) is 50.0 Å². The van der Waals surface area contributed by atoms with Gasteiger partial charge in [0.2, 0.25) is 0 Å². The van der Waals surface area contributed by atoms with Crippen molar-refractivity contribution >= 4 is 24.0 Å². The fourth-order valence-corrected chi connectivity index (χ4v) is 7.43. The van der Waals surface area contributed by atoms with Gasteiger partial charge in [-0.2, -0.15) is 0 Å². The number of nitrogens with zero attached hydrogens (tertiary/aromatic N) is 5. The number of carbonyl (C=O) groups excluding carboxylic acids is 1. The molecule has 0 spiro atoms. The Balaban J connectivity index is 1.28. The van der Waals surface area contributed by atoms with Crippen molar-refractivity contribution in [1.82, 2.24) is 14.9 Å². The topological polar surface area (TPSA) is 87.7 Å². The molecule has 3 heterocycles. The second-order valence-electron chi connectivity index (χ2n) is 12.7. The van der Waals surface area contributed by atoms with Crippen LogP contribution in [0.25, 0.3) is 11.1 Å². The first-order valence-corrected chi connectivity index (χ1v) is 14.2. The summed E-state index contributed by atoms with van der Waals surface area (Å²) < 4.78 is 14.2. The van der Waals surface area contributed by atoms with Gasteiger partial charge in [-0.15, -0.1) is 0 Å². The van der Waals surface area contributed by atoms with Crippen LogP contribution in [0.4, 0.5) is 15.8 Å². The summed E-state index contributed by atoms with van der Waals surface area (Å²) in [5.74, 6) is 1.73. The highest BCUT2D eigenvalue weighted by Gasteiger charge is 2.53. The molecule has 2 bridgehead atoms. The van der Waals surface area contributed by atoms with E-state index in [4.69, 9.17) is 5.73 Å². The fraction of sp³-hybridized carbons (Fsp3) is 0.438. The maximum absolute atomic E-state index is 14.2. The lowest BCUT2D eigenvalue weighted by molar-refractivity contribution is -0.00337. The molecular formula is C32H35FN6O. The molecule has 8 heteroatoms. The first-order valence-electron chi connectivity index (χ1n) is 14.2. The van der Waals surface area contributed by atoms with Crippen LogP contribution < -0.4 is 10.6 Å². The molecule has 1 aromatic heterocycles. The molecule has 0 radical (unpaired) electrons. The van der Waals surface area contributed by atoms with E-state index in [2.05, 4.69) is 45.6 Å². The number of amides is 1. The number of hydrogen-bond acceptors (Lipinski definition) is 6. The van der Waals surface area contributed by atoms with Crippen molar-refractivity contribution in [2.75, 3.05) is 18.5 Å². The van der Waals surface area contributed by atoms with Gasteiger partial charge in [0.1, 0.15) is 11.5 Å². The molecular weight excluding hydrogens is 503 g/mol. The highest BCUT2D eigenvalue weighted by atomic mass is 19.1. The van der Waals surface area contributed by atoms with E-state index in [9.17, 15) is 9.18 Å². The Morgan fingerprint density at radius 3 is 2.50 bits per heavy atom. The number of likely N-dealkylation sites (N-methyl/N-ethyl adjacent to an activating group) is 1. The minimum atomic E-state index is -1.26. The largest absolute Gasteiger partial charge is 0.361 e. The Bertz CT molecular complexity index is 1530. The average molecular weight is 539 g/mol. The molecule has 2 aliphatic heterocycles. The number of halogens is 1. The van der Waals surface area contributed by atoms with Crippen molar-refractivity contribution in [2.45, 2.75) is 68.7 Å². The standard InChI is InChI=1S/C32H35FN6O/c1-18-10-24(18)22-6-5-7-23-28(22)27-12-21(38(4)29(23)40)15-39(27)26-11-19(8-9-25(26)35-3)20-13-36-30(37-14-20)32(34)16-31(2,33)17-32/h5-9,11,13-14,18,21,24,27H,3,10,12,15-17,34H2,1-2,4H3/t18-,21?,24?,27?,31?,32?/m1/s1. The van der Waals surface area contributed by atoms with Crippen LogP contribution in [0.3, 0.4) is 0 Å². The molecule has 7 rings (SSSR count). The molecule has 206 valence electrons. The smallest absolute Gasteiger partial charge is 0.254 e. The first kappa shape index (κ1) is 25.3. The quantitative estimate of drug-likeness (QED) is 0.422. The Labute approximate surface area is 234 Å². The summed E-state index contributed by atoms with van der Waals surface area (Å²) in [4.78, 5) is 31.3. The van der Waals surface area contributed by atoms with E-state index in [1.165, 1.54) is 11.1 Å². The summed E-state index contributed by atoms with van der Waals surface area (Å²) in [6, 6.07) is 12.5. The van der Waals surface area contributed by atoms with Gasteiger partial charge in [-0.3, -0.25) is 9.79 Å². The summed E-state index contributed by atoms with van der Waals surface area (Å²) in [5.41, 5.74) is 11.2. The van der Waals surface area contributed by atoms with E-state index in [-0.39, 0.29) is 30.8 Å². The third kappa shape index (κ3) is 3.87. The van der Waals surface area contributed by atoms with Gasteiger partial charge >= 0.3 is 0 Å². The molecule has 2 aromatic carbocycles. The van der Waals surface area contributed by atoms with E-state index >= 15 is 0 Å². The Morgan fingerprint density at radius 1 is 1.12 bits per heavy atom. The zero-order chi connectivity index (χ0) is 28.0. The summed E-state index contributed by atoms with van der Waals surface area (Å²) in [6.45, 7) is 8.44. The highest BCUT2D eigenvalue weighted by Crippen LogP contribution is 2.54. The second-order valence-corrected chi connectivity index (χ2v) is 12.7. The van der Waals surface area contributed by atoms with Crippen LogP contribution in [0.5, 0.6) is 0 Å². The second kappa shape index (κ2) is 8.67. The van der Waals surface area contributed by atoms with Gasteiger partial charge in [0.25, 0.3) is 5.91 Å². The molecule has 2 N–H and O–H groups in total. The van der Waals surface area contributed by atoms with Crippen LogP contribution in [-0.4, -0.2) is 52.8 Å². The maximum atomic E-state index is 14.2. The van der Waals surface area contributed by atoms with E-state index in [0.717, 1.165) is 47.5 Å². The van der Waals surface area contributed by atoms with Crippen molar-refractivity contribution in [1.29, 1.82) is 0 Å². The van der Waals surface area contributed by atoms with E-state index < -0.39 is 11.2 Å². The number of anilines is 1. The number of benzene rings is 2. The van der Waals surface area contributed by atoms with Crippen LogP contribution in [0.15, 0.2) is 53.8 Å². The summed E-state index contributed by atoms with van der Waals surface area (Å²) >= 11 is 0. The highest BCUT2D eigenvalue weighted by molar-refractivity contribution is 5.97. The first-order chi connectivity index (χ1) is 19.1. The Hall–Kier alpha value is -3.65. The summed E-state index contributed by atoms with van der Waals surface area (Å²) in [5, 5.41) is 0. The molecule has 2 saturated carbocycles. The van der Waals surface area contributed by atoms with Crippen molar-refractivity contribution in [3.8, 4) is 11.1 Å². The lowest BCUT2D eigenvalue weighted by Gasteiger charge is -2.46. The number of nitrogens with two attached hydrogens (primary N) is 1. The molecule has 1 saturated heterocycles. The molecule has 3 unspecified atom stereocenters. The maximum Gasteiger partial charge on any atom is 0.254 e. The van der Waals surface area contributed by atoms with Crippen molar-refractivity contribution < 1.29 is 9.18 Å². The normalized spacial score (nSPS) is 32.4. The molecule has 3 aromatic rings. The lowest BCUT2D eigenvalue weighted by Crippen LogP contribution is -2.57. The number of aliphatic imine (C=N–C) groups is 1. The average Bonchev–Trinajstić information content (AvgIpc) is 3.52. The van der Waals surface area contributed by atoms with Gasteiger partial charge in [0.05, 0.1) is 29.0 Å². The molecule has 40 heavy (non-hydrogen) atoms. The minimum absolute atomic E-state index is 0.0676.